The van der Waals surface area contributed by atoms with Crippen LogP contribution in [-0.4, -0.2) is 12.2 Å². The number of halogens is 3. The van der Waals surface area contributed by atoms with Gasteiger partial charge >= 0.3 is 0 Å². The van der Waals surface area contributed by atoms with E-state index >= 15 is 0 Å². The molecular weight excluding hydrogens is 334 g/mol. The van der Waals surface area contributed by atoms with Crippen molar-refractivity contribution in [3.63, 3.8) is 0 Å². The number of ether oxygens (including phenoxy) is 1. The van der Waals surface area contributed by atoms with Crippen LogP contribution in [0.25, 0.3) is 0 Å². The van der Waals surface area contributed by atoms with Gasteiger partial charge in [0.25, 0.3) is 0 Å². The van der Waals surface area contributed by atoms with Crippen LogP contribution in [0.5, 0.6) is 5.75 Å². The van der Waals surface area contributed by atoms with Crippen LogP contribution in [0, 0.1) is 5.82 Å². The van der Waals surface area contributed by atoms with Crippen molar-refractivity contribution in [1.82, 2.24) is 0 Å². The van der Waals surface area contributed by atoms with Crippen molar-refractivity contribution in [2.45, 2.75) is 0 Å². The van der Waals surface area contributed by atoms with Crippen LogP contribution in [0.3, 0.4) is 0 Å². The van der Waals surface area contributed by atoms with Gasteiger partial charge in [-0.15, -0.1) is 0 Å². The Kier molecular flexibility index (Phi) is 5.22. The maximum atomic E-state index is 13.6. The fraction of sp³-hybridized carbons (Fsp3) is 0.0714. The topological polar surface area (TPSA) is 33.3 Å². The van der Waals surface area contributed by atoms with E-state index in [1.54, 1.807) is 24.3 Å². The minimum atomic E-state index is -0.487. The average molecular weight is 345 g/mol. The molecule has 0 amide bonds. The van der Waals surface area contributed by atoms with Gasteiger partial charge in [0.15, 0.2) is 5.11 Å². The normalized spacial score (nSPS) is 10.1. The molecule has 0 saturated carbocycles. The largest absolute Gasteiger partial charge is 0.495 e. The molecule has 2 rings (SSSR count). The number of nitrogens with one attached hydrogen (secondary N) is 2. The van der Waals surface area contributed by atoms with Gasteiger partial charge in [0.05, 0.1) is 17.8 Å². The average Bonchev–Trinajstić information content (AvgIpc) is 2.42. The number of thiocarbonyl (C=S) groups is 1. The molecule has 0 fully saturated rings. The second kappa shape index (κ2) is 6.93. The lowest BCUT2D eigenvalue weighted by Gasteiger charge is -2.12. The number of hydrogen-bond acceptors (Lipinski definition) is 2. The standard InChI is InChI=1S/C14H11Cl2FN2OS/c1-20-13-5-3-9(7-10(13)16)18-14(21)19-12-4-2-8(15)6-11(12)17/h2-7H,1H3,(H2,18,19,21). The van der Waals surface area contributed by atoms with Crippen molar-refractivity contribution < 1.29 is 9.13 Å². The van der Waals surface area contributed by atoms with Crippen LogP contribution in [0.15, 0.2) is 36.4 Å². The predicted octanol–water partition coefficient (Wildman–Crippen LogP) is 4.95. The van der Waals surface area contributed by atoms with Gasteiger partial charge in [0.1, 0.15) is 11.6 Å². The molecule has 0 heterocycles. The van der Waals surface area contributed by atoms with Crippen molar-refractivity contribution in [3.8, 4) is 5.75 Å². The summed E-state index contributed by atoms with van der Waals surface area (Å²) in [5, 5.41) is 6.65. The lowest BCUT2D eigenvalue weighted by atomic mass is 10.3. The Labute approximate surface area is 137 Å². The SMILES string of the molecule is COc1ccc(NC(=S)Nc2ccc(Cl)cc2F)cc1Cl. The van der Waals surface area contributed by atoms with E-state index < -0.39 is 5.82 Å². The van der Waals surface area contributed by atoms with E-state index in [-0.39, 0.29) is 10.8 Å². The third-order valence-corrected chi connectivity index (χ3v) is 3.32. The number of rotatable bonds is 3. The maximum absolute atomic E-state index is 13.6. The zero-order valence-electron chi connectivity index (χ0n) is 10.9. The van der Waals surface area contributed by atoms with Crippen LogP contribution >= 0.6 is 35.4 Å². The van der Waals surface area contributed by atoms with E-state index in [1.807, 2.05) is 0 Å². The third kappa shape index (κ3) is 4.20. The summed E-state index contributed by atoms with van der Waals surface area (Å²) in [5.41, 5.74) is 0.893. The summed E-state index contributed by atoms with van der Waals surface area (Å²) >= 11 is 16.8. The lowest BCUT2D eigenvalue weighted by molar-refractivity contribution is 0.415. The first kappa shape index (κ1) is 15.8. The Hall–Kier alpha value is -1.56. The van der Waals surface area contributed by atoms with Gasteiger partial charge in [-0.3, -0.25) is 0 Å². The molecule has 0 aliphatic heterocycles. The smallest absolute Gasteiger partial charge is 0.175 e. The third-order valence-electron chi connectivity index (χ3n) is 2.59. The lowest BCUT2D eigenvalue weighted by Crippen LogP contribution is -2.19. The van der Waals surface area contributed by atoms with Crippen molar-refractivity contribution in [1.29, 1.82) is 0 Å². The molecule has 7 heteroatoms. The molecular formula is C14H11Cl2FN2OS. The first-order chi connectivity index (χ1) is 9.99. The Balaban J connectivity index is 2.06. The molecule has 0 aromatic heterocycles. The fourth-order valence-electron chi connectivity index (χ4n) is 1.62. The van der Waals surface area contributed by atoms with Crippen LogP contribution < -0.4 is 15.4 Å². The highest BCUT2D eigenvalue weighted by Gasteiger charge is 2.07. The van der Waals surface area contributed by atoms with Gasteiger partial charge in [-0.1, -0.05) is 23.2 Å². The first-order valence-corrected chi connectivity index (χ1v) is 7.02. The molecule has 0 unspecified atom stereocenters. The highest BCUT2D eigenvalue weighted by atomic mass is 35.5. The number of methoxy groups -OCH3 is 1. The van der Waals surface area contributed by atoms with Crippen molar-refractivity contribution in [2.24, 2.45) is 0 Å². The van der Waals surface area contributed by atoms with Gasteiger partial charge in [0.2, 0.25) is 0 Å². The quantitative estimate of drug-likeness (QED) is 0.771. The minimum Gasteiger partial charge on any atom is -0.495 e. The zero-order valence-corrected chi connectivity index (χ0v) is 13.2. The van der Waals surface area contributed by atoms with Crippen LogP contribution in [0.4, 0.5) is 15.8 Å². The van der Waals surface area contributed by atoms with Gasteiger partial charge < -0.3 is 15.4 Å². The second-order valence-electron chi connectivity index (χ2n) is 4.05. The molecule has 0 bridgehead atoms. The first-order valence-electron chi connectivity index (χ1n) is 5.86. The van der Waals surface area contributed by atoms with Gasteiger partial charge in [0, 0.05) is 10.7 Å². The molecule has 0 aliphatic rings. The summed E-state index contributed by atoms with van der Waals surface area (Å²) in [6.07, 6.45) is 0. The molecule has 21 heavy (non-hydrogen) atoms. The van der Waals surface area contributed by atoms with Crippen molar-refractivity contribution in [3.05, 3.63) is 52.3 Å². The summed E-state index contributed by atoms with van der Waals surface area (Å²) < 4.78 is 18.7. The number of anilines is 2. The molecule has 2 aromatic rings. The molecule has 0 atom stereocenters. The van der Waals surface area contributed by atoms with Gasteiger partial charge in [-0.2, -0.15) is 0 Å². The summed E-state index contributed by atoms with van der Waals surface area (Å²) in [7, 11) is 1.53. The molecule has 0 saturated heterocycles. The van der Waals surface area contributed by atoms with Crippen LogP contribution in [0.2, 0.25) is 10.0 Å². The van der Waals surface area contributed by atoms with E-state index in [4.69, 9.17) is 40.2 Å². The maximum Gasteiger partial charge on any atom is 0.175 e. The van der Waals surface area contributed by atoms with Crippen molar-refractivity contribution in [2.75, 3.05) is 17.7 Å². The molecule has 0 radical (unpaired) electrons. The molecule has 0 aliphatic carbocycles. The predicted molar refractivity (Wildman–Crippen MR) is 89.3 cm³/mol. The molecule has 2 aromatic carbocycles. The van der Waals surface area contributed by atoms with Gasteiger partial charge in [-0.05, 0) is 48.6 Å². The minimum absolute atomic E-state index is 0.233. The fourth-order valence-corrected chi connectivity index (χ4v) is 2.26. The molecule has 110 valence electrons. The second-order valence-corrected chi connectivity index (χ2v) is 5.30. The highest BCUT2D eigenvalue weighted by Crippen LogP contribution is 2.27. The van der Waals surface area contributed by atoms with E-state index in [2.05, 4.69) is 10.6 Å². The van der Waals surface area contributed by atoms with Crippen LogP contribution in [0.1, 0.15) is 0 Å². The monoisotopic (exact) mass is 344 g/mol. The van der Waals surface area contributed by atoms with Crippen LogP contribution in [-0.2, 0) is 0 Å². The summed E-state index contributed by atoms with van der Waals surface area (Å²) in [6.45, 7) is 0. The molecule has 3 nitrogen and oxygen atoms in total. The Morgan fingerprint density at radius 3 is 2.52 bits per heavy atom. The van der Waals surface area contributed by atoms with E-state index in [9.17, 15) is 4.39 Å². The molecule has 2 N–H and O–H groups in total. The van der Waals surface area contributed by atoms with Gasteiger partial charge in [-0.25, -0.2) is 4.39 Å². The Morgan fingerprint density at radius 2 is 1.90 bits per heavy atom. The van der Waals surface area contributed by atoms with E-state index in [0.29, 0.717) is 21.5 Å². The number of benzene rings is 2. The summed E-state index contributed by atoms with van der Waals surface area (Å²) in [6, 6.07) is 9.39. The molecule has 0 spiro atoms. The van der Waals surface area contributed by atoms with E-state index in [1.165, 1.54) is 19.2 Å². The van der Waals surface area contributed by atoms with Crippen molar-refractivity contribution >= 4 is 51.9 Å². The summed E-state index contributed by atoms with van der Waals surface area (Å²) in [4.78, 5) is 0. The Morgan fingerprint density at radius 1 is 1.14 bits per heavy atom. The highest BCUT2D eigenvalue weighted by molar-refractivity contribution is 7.80. The van der Waals surface area contributed by atoms with E-state index in [0.717, 1.165) is 0 Å². The Bertz CT molecular complexity index is 682. The zero-order chi connectivity index (χ0) is 15.4. The number of hydrogen-bond donors (Lipinski definition) is 2. The summed E-state index contributed by atoms with van der Waals surface area (Å²) in [5.74, 6) is 0.0734.